The molecule has 4 nitrogen and oxygen atoms in total. The van der Waals surface area contributed by atoms with E-state index in [1.165, 1.54) is 17.2 Å². The Hall–Kier alpha value is -3.47. The zero-order valence-corrected chi connectivity index (χ0v) is 20.2. The maximum atomic E-state index is 14.3. The summed E-state index contributed by atoms with van der Waals surface area (Å²) in [6.45, 7) is 6.22. The van der Waals surface area contributed by atoms with Crippen molar-refractivity contribution in [1.29, 1.82) is 0 Å². The molecular weight excluding hydrogens is 425 g/mol. The van der Waals surface area contributed by atoms with Gasteiger partial charge < -0.3 is 9.88 Å². The number of amides is 1. The number of hydrogen-bond acceptors (Lipinski definition) is 2. The summed E-state index contributed by atoms with van der Waals surface area (Å²) in [5.41, 5.74) is 6.63. The monoisotopic (exact) mass is 457 g/mol. The number of H-pyrrole nitrogens is 1. The SMILES string of the molecule is CCCCCC(=O)N(Cc1nc2c(Cc3ccccc3C)cccc2[nH]1)c1ccc(C)c(F)c1. The van der Waals surface area contributed by atoms with Gasteiger partial charge in [0.1, 0.15) is 11.6 Å². The number of aromatic nitrogens is 2. The Labute approximate surface area is 200 Å². The Balaban J connectivity index is 1.64. The van der Waals surface area contributed by atoms with Gasteiger partial charge in [-0.1, -0.05) is 62.2 Å². The Morgan fingerprint density at radius 1 is 0.971 bits per heavy atom. The number of unbranched alkanes of at least 4 members (excludes halogenated alkanes) is 2. The predicted octanol–water partition coefficient (Wildman–Crippen LogP) is 7.02. The molecule has 1 aromatic heterocycles. The van der Waals surface area contributed by atoms with E-state index in [-0.39, 0.29) is 18.3 Å². The molecule has 0 bridgehead atoms. The topological polar surface area (TPSA) is 49.0 Å². The second-order valence-electron chi connectivity index (χ2n) is 8.97. The molecule has 0 radical (unpaired) electrons. The number of rotatable bonds is 9. The van der Waals surface area contributed by atoms with Crippen LogP contribution in [-0.2, 0) is 17.8 Å². The number of aryl methyl sites for hydroxylation is 2. The van der Waals surface area contributed by atoms with Crippen LogP contribution in [0.15, 0.2) is 60.7 Å². The maximum Gasteiger partial charge on any atom is 0.227 e. The molecule has 0 saturated heterocycles. The van der Waals surface area contributed by atoms with Crippen molar-refractivity contribution in [3.05, 3.63) is 94.6 Å². The van der Waals surface area contributed by atoms with E-state index in [1.54, 1.807) is 17.9 Å². The van der Waals surface area contributed by atoms with Crippen molar-refractivity contribution in [1.82, 2.24) is 9.97 Å². The number of fused-ring (bicyclic) bond motifs is 1. The van der Waals surface area contributed by atoms with Gasteiger partial charge in [0.25, 0.3) is 0 Å². The average molecular weight is 458 g/mol. The zero-order chi connectivity index (χ0) is 24.1. The second-order valence-corrected chi connectivity index (χ2v) is 8.97. The molecule has 1 amide bonds. The van der Waals surface area contributed by atoms with E-state index in [0.29, 0.717) is 23.5 Å². The molecule has 176 valence electrons. The molecule has 4 aromatic rings. The van der Waals surface area contributed by atoms with Crippen molar-refractivity contribution in [3.63, 3.8) is 0 Å². The van der Waals surface area contributed by atoms with Gasteiger partial charge in [0.2, 0.25) is 5.91 Å². The summed E-state index contributed by atoms with van der Waals surface area (Å²) in [4.78, 5) is 23.1. The lowest BCUT2D eigenvalue weighted by molar-refractivity contribution is -0.118. The molecule has 0 aliphatic carbocycles. The molecule has 1 heterocycles. The van der Waals surface area contributed by atoms with Crippen LogP contribution in [0.5, 0.6) is 0 Å². The molecule has 5 heteroatoms. The minimum absolute atomic E-state index is 0.0164. The smallest absolute Gasteiger partial charge is 0.227 e. The molecule has 0 fully saturated rings. The van der Waals surface area contributed by atoms with Crippen LogP contribution in [0, 0.1) is 19.7 Å². The number of anilines is 1. The Morgan fingerprint density at radius 2 is 1.76 bits per heavy atom. The molecule has 0 spiro atoms. The van der Waals surface area contributed by atoms with Crippen LogP contribution >= 0.6 is 0 Å². The Morgan fingerprint density at radius 3 is 2.53 bits per heavy atom. The third-order valence-corrected chi connectivity index (χ3v) is 6.36. The number of carbonyl (C=O) groups is 1. The van der Waals surface area contributed by atoms with Gasteiger partial charge in [0.05, 0.1) is 17.6 Å². The second kappa shape index (κ2) is 10.6. The fraction of sp³-hybridized carbons (Fsp3) is 0.310. The van der Waals surface area contributed by atoms with Crippen LogP contribution in [0.4, 0.5) is 10.1 Å². The van der Waals surface area contributed by atoms with Crippen LogP contribution in [0.1, 0.15) is 60.7 Å². The van der Waals surface area contributed by atoms with Crippen LogP contribution in [-0.4, -0.2) is 15.9 Å². The largest absolute Gasteiger partial charge is 0.340 e. The molecule has 1 N–H and O–H groups in total. The lowest BCUT2D eigenvalue weighted by Gasteiger charge is -2.22. The maximum absolute atomic E-state index is 14.3. The van der Waals surface area contributed by atoms with E-state index in [0.717, 1.165) is 42.3 Å². The summed E-state index contributed by atoms with van der Waals surface area (Å²) in [6.07, 6.45) is 4.08. The highest BCUT2D eigenvalue weighted by Crippen LogP contribution is 2.25. The first-order valence-electron chi connectivity index (χ1n) is 12.0. The van der Waals surface area contributed by atoms with E-state index in [4.69, 9.17) is 4.98 Å². The normalized spacial score (nSPS) is 11.2. The number of imidazole rings is 1. The molecule has 0 saturated carbocycles. The first-order chi connectivity index (χ1) is 16.5. The van der Waals surface area contributed by atoms with Gasteiger partial charge in [-0.2, -0.15) is 0 Å². The zero-order valence-electron chi connectivity index (χ0n) is 20.2. The quantitative estimate of drug-likeness (QED) is 0.275. The van der Waals surface area contributed by atoms with Gasteiger partial charge in [-0.25, -0.2) is 9.37 Å². The number of benzene rings is 3. The highest BCUT2D eigenvalue weighted by molar-refractivity contribution is 5.93. The van der Waals surface area contributed by atoms with Crippen molar-refractivity contribution >= 4 is 22.6 Å². The number of nitrogens with one attached hydrogen (secondary N) is 1. The fourth-order valence-corrected chi connectivity index (χ4v) is 4.26. The Kier molecular flexibility index (Phi) is 7.41. The predicted molar refractivity (Wildman–Crippen MR) is 137 cm³/mol. The number of aromatic amines is 1. The molecular formula is C29H32FN3O. The van der Waals surface area contributed by atoms with E-state index in [1.807, 2.05) is 24.3 Å². The summed E-state index contributed by atoms with van der Waals surface area (Å²) in [7, 11) is 0. The summed E-state index contributed by atoms with van der Waals surface area (Å²) >= 11 is 0. The summed E-state index contributed by atoms with van der Waals surface area (Å²) in [6, 6.07) is 19.5. The molecule has 3 aromatic carbocycles. The number of para-hydroxylation sites is 1. The number of hydrogen-bond donors (Lipinski definition) is 1. The third-order valence-electron chi connectivity index (χ3n) is 6.36. The Bertz CT molecular complexity index is 1290. The summed E-state index contributed by atoms with van der Waals surface area (Å²) < 4.78 is 14.3. The molecule has 0 atom stereocenters. The highest BCUT2D eigenvalue weighted by atomic mass is 19.1. The first kappa shape index (κ1) is 23.7. The van der Waals surface area contributed by atoms with E-state index < -0.39 is 0 Å². The van der Waals surface area contributed by atoms with Crippen LogP contribution in [0.25, 0.3) is 11.0 Å². The van der Waals surface area contributed by atoms with Crippen molar-refractivity contribution in [2.45, 2.75) is 59.4 Å². The minimum atomic E-state index is -0.311. The standard InChI is InChI=1S/C29H32FN3O/c1-4-5-6-14-28(34)33(24-16-15-21(3)25(30)18-24)19-27-31-26-13-9-12-23(29(26)32-27)17-22-11-8-7-10-20(22)2/h7-13,15-16,18H,4-6,14,17,19H2,1-3H3,(H,31,32). The van der Waals surface area contributed by atoms with Gasteiger partial charge in [0, 0.05) is 12.1 Å². The van der Waals surface area contributed by atoms with Gasteiger partial charge in [0.15, 0.2) is 0 Å². The molecule has 4 rings (SSSR count). The number of halogens is 1. The van der Waals surface area contributed by atoms with Gasteiger partial charge >= 0.3 is 0 Å². The number of carbonyl (C=O) groups excluding carboxylic acids is 1. The van der Waals surface area contributed by atoms with Crippen LogP contribution in [0.3, 0.4) is 0 Å². The fourth-order valence-electron chi connectivity index (χ4n) is 4.26. The van der Waals surface area contributed by atoms with Crippen LogP contribution < -0.4 is 4.90 Å². The van der Waals surface area contributed by atoms with Gasteiger partial charge in [-0.05, 0) is 67.1 Å². The highest BCUT2D eigenvalue weighted by Gasteiger charge is 2.19. The molecule has 0 aliphatic heterocycles. The summed E-state index contributed by atoms with van der Waals surface area (Å²) in [5.74, 6) is 0.364. The van der Waals surface area contributed by atoms with Crippen molar-refractivity contribution in [2.24, 2.45) is 0 Å². The number of nitrogens with zero attached hydrogens (tertiary/aromatic N) is 2. The lowest BCUT2D eigenvalue weighted by Crippen LogP contribution is -2.30. The molecule has 0 aliphatic rings. The minimum Gasteiger partial charge on any atom is -0.340 e. The lowest BCUT2D eigenvalue weighted by atomic mass is 10.00. The van der Waals surface area contributed by atoms with Crippen molar-refractivity contribution in [3.8, 4) is 0 Å². The van der Waals surface area contributed by atoms with Gasteiger partial charge in [-0.15, -0.1) is 0 Å². The third kappa shape index (κ3) is 5.36. The van der Waals surface area contributed by atoms with E-state index >= 15 is 0 Å². The summed E-state index contributed by atoms with van der Waals surface area (Å²) in [5, 5.41) is 0. The average Bonchev–Trinajstić information content (AvgIpc) is 3.25. The van der Waals surface area contributed by atoms with E-state index in [2.05, 4.69) is 43.1 Å². The molecule has 34 heavy (non-hydrogen) atoms. The molecule has 0 unspecified atom stereocenters. The van der Waals surface area contributed by atoms with Crippen molar-refractivity contribution < 1.29 is 9.18 Å². The van der Waals surface area contributed by atoms with Crippen LogP contribution in [0.2, 0.25) is 0 Å². The first-order valence-corrected chi connectivity index (χ1v) is 12.0. The van der Waals surface area contributed by atoms with Gasteiger partial charge in [-0.3, -0.25) is 4.79 Å². The van der Waals surface area contributed by atoms with E-state index in [9.17, 15) is 9.18 Å². The van der Waals surface area contributed by atoms with Crippen molar-refractivity contribution in [2.75, 3.05) is 4.90 Å².